The van der Waals surface area contributed by atoms with Crippen LogP contribution in [-0.4, -0.2) is 36.8 Å². The van der Waals surface area contributed by atoms with Crippen LogP contribution in [0.5, 0.6) is 0 Å². The number of nitrogens with one attached hydrogen (secondary N) is 1. The maximum Gasteiger partial charge on any atom is 0.677 e. The number of halogens is 2. The highest BCUT2D eigenvalue weighted by Crippen LogP contribution is 2.27. The van der Waals surface area contributed by atoms with Gasteiger partial charge in [-0.2, -0.15) is 0 Å². The topological polar surface area (TPSA) is 37.3 Å². The number of carbonyl (C=O) groups excluding carboxylic acids is 1. The number of hydrogen-bond acceptors (Lipinski definition) is 3. The van der Waals surface area contributed by atoms with Gasteiger partial charge in [0.1, 0.15) is 0 Å². The van der Waals surface area contributed by atoms with E-state index in [1.165, 1.54) is 9.78 Å². The third-order valence-corrected chi connectivity index (χ3v) is 5.22. The van der Waals surface area contributed by atoms with Gasteiger partial charge in [-0.1, -0.05) is 12.1 Å². The van der Waals surface area contributed by atoms with E-state index in [2.05, 4.69) is 5.32 Å². The smallest absolute Gasteiger partial charge is 0.374 e. The molecule has 1 N–H and O–H groups in total. The highest BCUT2D eigenvalue weighted by atomic mass is 32.1. The first-order chi connectivity index (χ1) is 12.5. The van der Waals surface area contributed by atoms with Gasteiger partial charge in [0, 0.05) is 42.5 Å². The van der Waals surface area contributed by atoms with Crippen molar-refractivity contribution in [1.82, 2.24) is 14.7 Å². The Balaban J connectivity index is 1.76. The van der Waals surface area contributed by atoms with E-state index in [0.717, 1.165) is 10.2 Å². The van der Waals surface area contributed by atoms with Crippen LogP contribution in [0.4, 0.5) is 8.63 Å². The summed E-state index contributed by atoms with van der Waals surface area (Å²) >= 11 is 1.65. The molecule has 1 aliphatic heterocycles. The minimum Gasteiger partial charge on any atom is -0.374 e. The van der Waals surface area contributed by atoms with E-state index in [4.69, 9.17) is 0 Å². The Kier molecular flexibility index (Phi) is 5.61. The number of allylic oxidation sites excluding steroid dienone is 1. The fraction of sp³-hybridized carbons (Fsp3) is 0.278. The van der Waals surface area contributed by atoms with Crippen molar-refractivity contribution in [1.29, 1.82) is 0 Å². The largest absolute Gasteiger partial charge is 0.677 e. The summed E-state index contributed by atoms with van der Waals surface area (Å²) in [5, 5.41) is 5.33. The van der Waals surface area contributed by atoms with Crippen LogP contribution < -0.4 is 5.32 Å². The van der Waals surface area contributed by atoms with Crippen LogP contribution in [0, 0.1) is 0 Å². The van der Waals surface area contributed by atoms with Crippen molar-refractivity contribution in [2.75, 3.05) is 14.1 Å². The minimum absolute atomic E-state index is 0.0772. The SMILES string of the molecule is CN(C)C(=O)CCc1ccc(/C=C2/C=CC(c3cccs3)N2)n1B(F)F. The molecule has 2 aromatic heterocycles. The Morgan fingerprint density at radius 1 is 1.38 bits per heavy atom. The first-order valence-electron chi connectivity index (χ1n) is 8.34. The van der Waals surface area contributed by atoms with E-state index < -0.39 is 7.40 Å². The molecule has 0 aromatic carbocycles. The fourth-order valence-electron chi connectivity index (χ4n) is 2.89. The number of nitrogens with zero attached hydrogens (tertiary/aromatic N) is 2. The molecule has 1 amide bonds. The molecule has 0 saturated carbocycles. The number of aromatic nitrogens is 1. The maximum atomic E-state index is 13.6. The summed E-state index contributed by atoms with van der Waals surface area (Å²) in [4.78, 5) is 14.4. The Labute approximate surface area is 156 Å². The van der Waals surface area contributed by atoms with Crippen LogP contribution in [0.2, 0.25) is 0 Å². The van der Waals surface area contributed by atoms with Gasteiger partial charge in [-0.05, 0) is 42.2 Å². The monoisotopic (exact) mass is 375 g/mol. The summed E-state index contributed by atoms with van der Waals surface area (Å²) in [7, 11) is 0.665. The maximum absolute atomic E-state index is 13.6. The van der Waals surface area contributed by atoms with Gasteiger partial charge in [0.05, 0.1) is 6.04 Å². The normalized spacial score (nSPS) is 17.5. The van der Waals surface area contributed by atoms with E-state index in [-0.39, 0.29) is 24.8 Å². The highest BCUT2D eigenvalue weighted by Gasteiger charge is 2.24. The van der Waals surface area contributed by atoms with Gasteiger partial charge < -0.3 is 14.7 Å². The average molecular weight is 375 g/mol. The minimum atomic E-state index is -2.65. The van der Waals surface area contributed by atoms with Gasteiger partial charge in [-0.3, -0.25) is 13.4 Å². The lowest BCUT2D eigenvalue weighted by atomic mass is 10.1. The van der Waals surface area contributed by atoms with Gasteiger partial charge in [-0.15, -0.1) is 11.3 Å². The average Bonchev–Trinajstić information content (AvgIpc) is 3.33. The van der Waals surface area contributed by atoms with E-state index >= 15 is 0 Å². The van der Waals surface area contributed by atoms with E-state index in [1.54, 1.807) is 43.6 Å². The van der Waals surface area contributed by atoms with Crippen LogP contribution in [0.25, 0.3) is 6.08 Å². The number of carbonyl (C=O) groups is 1. The Bertz CT molecular complexity index is 828. The van der Waals surface area contributed by atoms with E-state index in [0.29, 0.717) is 11.4 Å². The quantitative estimate of drug-likeness (QED) is 0.784. The fourth-order valence-corrected chi connectivity index (χ4v) is 3.64. The van der Waals surface area contributed by atoms with Crippen LogP contribution in [-0.2, 0) is 11.2 Å². The lowest BCUT2D eigenvalue weighted by molar-refractivity contribution is -0.128. The van der Waals surface area contributed by atoms with Crippen LogP contribution in [0.1, 0.15) is 28.7 Å². The van der Waals surface area contributed by atoms with Crippen LogP contribution in [0.15, 0.2) is 47.5 Å². The molecule has 0 spiro atoms. The molecule has 0 aliphatic carbocycles. The highest BCUT2D eigenvalue weighted by molar-refractivity contribution is 7.10. The third kappa shape index (κ3) is 4.07. The number of rotatable bonds is 6. The molecule has 8 heteroatoms. The summed E-state index contributed by atoms with van der Waals surface area (Å²) < 4.78 is 28.1. The van der Waals surface area contributed by atoms with Crippen molar-refractivity contribution in [3.05, 3.63) is 63.8 Å². The van der Waals surface area contributed by atoms with Crippen LogP contribution >= 0.6 is 11.3 Å². The van der Waals surface area contributed by atoms with E-state index in [9.17, 15) is 13.4 Å². The lowest BCUT2D eigenvalue weighted by Gasteiger charge is -2.12. The molecule has 4 nitrogen and oxygen atoms in total. The molecule has 0 bridgehead atoms. The summed E-state index contributed by atoms with van der Waals surface area (Å²) in [6.45, 7) is 0. The molecule has 0 saturated heterocycles. The zero-order valence-corrected chi connectivity index (χ0v) is 15.5. The Morgan fingerprint density at radius 3 is 2.85 bits per heavy atom. The van der Waals surface area contributed by atoms with Crippen LogP contribution in [0.3, 0.4) is 0 Å². The molecule has 136 valence electrons. The first-order valence-corrected chi connectivity index (χ1v) is 9.22. The second-order valence-corrected chi connectivity index (χ2v) is 7.26. The predicted molar refractivity (Wildman–Crippen MR) is 102 cm³/mol. The van der Waals surface area contributed by atoms with Gasteiger partial charge in [0.15, 0.2) is 0 Å². The molecular weight excluding hydrogens is 355 g/mol. The number of aryl methyl sites for hydroxylation is 1. The van der Waals surface area contributed by atoms with Crippen molar-refractivity contribution in [3.8, 4) is 0 Å². The molecule has 2 aromatic rings. The zero-order chi connectivity index (χ0) is 18.7. The number of thiophene rings is 1. The van der Waals surface area contributed by atoms with Gasteiger partial charge in [0.2, 0.25) is 5.91 Å². The molecule has 3 rings (SSSR count). The molecular formula is C18H20BF2N3OS. The molecule has 0 fully saturated rings. The Hall–Kier alpha value is -2.35. The molecule has 1 atom stereocenters. The summed E-state index contributed by atoms with van der Waals surface area (Å²) in [5.74, 6) is -0.0777. The second kappa shape index (κ2) is 7.91. The van der Waals surface area contributed by atoms with Crippen molar-refractivity contribution < 1.29 is 13.4 Å². The molecule has 0 radical (unpaired) electrons. The van der Waals surface area contributed by atoms with Gasteiger partial charge in [0.25, 0.3) is 0 Å². The van der Waals surface area contributed by atoms with Crippen molar-refractivity contribution in [2.24, 2.45) is 0 Å². The molecule has 3 heterocycles. The lowest BCUT2D eigenvalue weighted by Crippen LogP contribution is -2.23. The zero-order valence-electron chi connectivity index (χ0n) is 14.7. The van der Waals surface area contributed by atoms with E-state index in [1.807, 2.05) is 29.7 Å². The van der Waals surface area contributed by atoms with Crippen molar-refractivity contribution in [2.45, 2.75) is 18.9 Å². The molecule has 1 aliphatic rings. The summed E-state index contributed by atoms with van der Waals surface area (Å²) in [6.07, 6.45) is 6.13. The molecule has 26 heavy (non-hydrogen) atoms. The molecule has 1 unspecified atom stereocenters. The second-order valence-electron chi connectivity index (χ2n) is 6.28. The standard InChI is InChI=1S/C18H20BF2N3OS/c1-23(2)18(25)10-8-14-6-7-15(24(14)19(20)21)12-13-5-9-16(22-13)17-4-3-11-26-17/h3-7,9,11-12,16,22H,8,10H2,1-2H3/b13-12-. The third-order valence-electron chi connectivity index (χ3n) is 4.27. The van der Waals surface area contributed by atoms with Crippen molar-refractivity contribution >= 4 is 30.7 Å². The Morgan fingerprint density at radius 2 is 2.19 bits per heavy atom. The predicted octanol–water partition coefficient (Wildman–Crippen LogP) is 3.58. The van der Waals surface area contributed by atoms with Gasteiger partial charge >= 0.3 is 7.40 Å². The number of hydrogen-bond donors (Lipinski definition) is 1. The summed E-state index contributed by atoms with van der Waals surface area (Å²) in [5.41, 5.74) is 1.67. The first kappa shape index (κ1) is 18.4. The van der Waals surface area contributed by atoms with Gasteiger partial charge in [-0.25, -0.2) is 0 Å². The number of amides is 1. The van der Waals surface area contributed by atoms with Crippen molar-refractivity contribution in [3.63, 3.8) is 0 Å². The summed E-state index contributed by atoms with van der Waals surface area (Å²) in [6, 6.07) is 7.44.